The molecule has 0 aliphatic heterocycles. The Morgan fingerprint density at radius 3 is 2.88 bits per heavy atom. The number of anilines is 1. The van der Waals surface area contributed by atoms with E-state index in [9.17, 15) is 10.2 Å². The van der Waals surface area contributed by atoms with Crippen molar-refractivity contribution >= 4 is 5.95 Å². The molecule has 1 atom stereocenters. The van der Waals surface area contributed by atoms with E-state index in [2.05, 4.69) is 25.5 Å². The second kappa shape index (κ2) is 6.67. The molecule has 1 aromatic carbocycles. The van der Waals surface area contributed by atoms with Crippen molar-refractivity contribution in [2.24, 2.45) is 0 Å². The highest BCUT2D eigenvalue weighted by Crippen LogP contribution is 2.31. The molecule has 0 bridgehead atoms. The number of nitrogens with zero attached hydrogens (tertiary/aromatic N) is 3. The molecule has 2 aromatic heterocycles. The Bertz CT molecular complexity index is 824. The van der Waals surface area contributed by atoms with Gasteiger partial charge in [-0.3, -0.25) is 5.10 Å². The fourth-order valence-corrected chi connectivity index (χ4v) is 2.44. The van der Waals surface area contributed by atoms with Gasteiger partial charge in [0.2, 0.25) is 5.95 Å². The maximum absolute atomic E-state index is 9.83. The van der Waals surface area contributed by atoms with Gasteiger partial charge in [0.15, 0.2) is 0 Å². The second-order valence-electron chi connectivity index (χ2n) is 5.71. The average Bonchev–Trinajstić information content (AvgIpc) is 3.02. The molecule has 124 valence electrons. The molecular formula is C17H19N5O2. The lowest BCUT2D eigenvalue weighted by atomic mass is 10.0. The number of hydrogen-bond donors (Lipinski definition) is 4. The van der Waals surface area contributed by atoms with Gasteiger partial charge in [0.25, 0.3) is 0 Å². The summed E-state index contributed by atoms with van der Waals surface area (Å²) in [5.74, 6) is 0.639. The number of phenolic OH excluding ortho intramolecular Hbond substituents is 1. The number of aromatic hydroxyl groups is 1. The molecule has 3 aromatic rings. The molecule has 7 heteroatoms. The molecule has 24 heavy (non-hydrogen) atoms. The van der Waals surface area contributed by atoms with Gasteiger partial charge in [0, 0.05) is 23.9 Å². The number of rotatable bonds is 5. The largest absolute Gasteiger partial charge is 0.508 e. The van der Waals surface area contributed by atoms with Gasteiger partial charge >= 0.3 is 0 Å². The van der Waals surface area contributed by atoms with Gasteiger partial charge in [-0.15, -0.1) is 0 Å². The van der Waals surface area contributed by atoms with Gasteiger partial charge in [-0.05, 0) is 43.7 Å². The Hall–Kier alpha value is -2.93. The topological polar surface area (TPSA) is 107 Å². The lowest BCUT2D eigenvalue weighted by molar-refractivity contribution is 0.208. The van der Waals surface area contributed by atoms with Gasteiger partial charge in [-0.1, -0.05) is 0 Å². The van der Waals surface area contributed by atoms with E-state index in [0.717, 1.165) is 22.4 Å². The number of aryl methyl sites for hydroxylation is 1. The summed E-state index contributed by atoms with van der Waals surface area (Å²) in [6.07, 6.45) is 2.85. The number of phenols is 1. The molecule has 3 rings (SSSR count). The van der Waals surface area contributed by atoms with Crippen LogP contribution in [-0.4, -0.2) is 43.0 Å². The zero-order chi connectivity index (χ0) is 17.1. The van der Waals surface area contributed by atoms with Crippen LogP contribution in [0.2, 0.25) is 0 Å². The molecule has 0 saturated heterocycles. The molecule has 7 nitrogen and oxygen atoms in total. The summed E-state index contributed by atoms with van der Waals surface area (Å²) in [6, 6.07) is 7.13. The highest BCUT2D eigenvalue weighted by molar-refractivity contribution is 5.79. The van der Waals surface area contributed by atoms with Crippen LogP contribution >= 0.6 is 0 Å². The molecule has 4 N–H and O–H groups in total. The van der Waals surface area contributed by atoms with Crippen LogP contribution in [-0.2, 0) is 0 Å². The van der Waals surface area contributed by atoms with Gasteiger partial charge in [0.1, 0.15) is 5.75 Å². The van der Waals surface area contributed by atoms with E-state index in [1.807, 2.05) is 13.0 Å². The molecule has 2 heterocycles. The van der Waals surface area contributed by atoms with Crippen LogP contribution in [0.4, 0.5) is 5.95 Å². The number of H-pyrrole nitrogens is 1. The van der Waals surface area contributed by atoms with Crippen molar-refractivity contribution < 1.29 is 10.2 Å². The quantitative estimate of drug-likeness (QED) is 0.573. The molecule has 0 amide bonds. The van der Waals surface area contributed by atoms with E-state index in [4.69, 9.17) is 0 Å². The van der Waals surface area contributed by atoms with Crippen molar-refractivity contribution in [3.63, 3.8) is 0 Å². The molecule has 0 aliphatic rings. The van der Waals surface area contributed by atoms with Gasteiger partial charge in [0.05, 0.1) is 23.7 Å². The van der Waals surface area contributed by atoms with Crippen molar-refractivity contribution in [3.8, 4) is 28.3 Å². The minimum atomic E-state index is -0.489. The predicted octanol–water partition coefficient (Wildman–Crippen LogP) is 2.34. The third-order valence-corrected chi connectivity index (χ3v) is 3.48. The summed E-state index contributed by atoms with van der Waals surface area (Å²) in [6.45, 7) is 3.98. The number of hydrogen-bond acceptors (Lipinski definition) is 6. The van der Waals surface area contributed by atoms with Crippen molar-refractivity contribution in [1.29, 1.82) is 0 Å². The monoisotopic (exact) mass is 325 g/mol. The predicted molar refractivity (Wildman–Crippen MR) is 91.6 cm³/mol. The Morgan fingerprint density at radius 2 is 2.12 bits per heavy atom. The zero-order valence-corrected chi connectivity index (χ0v) is 13.5. The van der Waals surface area contributed by atoms with E-state index in [-0.39, 0.29) is 5.75 Å². The Balaban J connectivity index is 1.97. The molecule has 0 fully saturated rings. The second-order valence-corrected chi connectivity index (χ2v) is 5.71. The van der Waals surface area contributed by atoms with E-state index in [1.165, 1.54) is 0 Å². The third-order valence-electron chi connectivity index (χ3n) is 3.48. The molecule has 0 spiro atoms. The van der Waals surface area contributed by atoms with Crippen molar-refractivity contribution in [3.05, 3.63) is 42.2 Å². The SMILES string of the molecule is Cc1cc(O)cc(-c2[nH]ncc2-c2ccnc(NC[C@H](C)O)n2)c1. The Labute approximate surface area is 139 Å². The number of nitrogens with one attached hydrogen (secondary N) is 2. The minimum absolute atomic E-state index is 0.201. The maximum Gasteiger partial charge on any atom is 0.223 e. The zero-order valence-electron chi connectivity index (χ0n) is 13.5. The van der Waals surface area contributed by atoms with E-state index < -0.39 is 6.10 Å². The first kappa shape index (κ1) is 15.9. The summed E-state index contributed by atoms with van der Waals surface area (Å²) in [4.78, 5) is 8.61. The number of aliphatic hydroxyl groups excluding tert-OH is 1. The van der Waals surface area contributed by atoms with E-state index in [0.29, 0.717) is 18.2 Å². The summed E-state index contributed by atoms with van der Waals surface area (Å²) in [5, 5.41) is 29.2. The van der Waals surface area contributed by atoms with Crippen LogP contribution in [0.15, 0.2) is 36.7 Å². The van der Waals surface area contributed by atoms with Crippen molar-refractivity contribution in [2.45, 2.75) is 20.0 Å². The fourth-order valence-electron chi connectivity index (χ4n) is 2.44. The Morgan fingerprint density at radius 1 is 1.29 bits per heavy atom. The first-order valence-electron chi connectivity index (χ1n) is 7.62. The van der Waals surface area contributed by atoms with Crippen molar-refractivity contribution in [2.75, 3.05) is 11.9 Å². The van der Waals surface area contributed by atoms with Crippen LogP contribution < -0.4 is 5.32 Å². The number of aliphatic hydroxyl groups is 1. The summed E-state index contributed by atoms with van der Waals surface area (Å²) < 4.78 is 0. The highest BCUT2D eigenvalue weighted by Gasteiger charge is 2.13. The normalized spacial score (nSPS) is 12.1. The summed E-state index contributed by atoms with van der Waals surface area (Å²) in [5.41, 5.74) is 4.06. The van der Waals surface area contributed by atoms with Gasteiger partial charge in [-0.2, -0.15) is 5.10 Å². The fraction of sp³-hybridized carbons (Fsp3) is 0.235. The molecule has 0 radical (unpaired) electrons. The van der Waals surface area contributed by atoms with E-state index >= 15 is 0 Å². The van der Waals surface area contributed by atoms with Crippen LogP contribution in [0.5, 0.6) is 5.75 Å². The summed E-state index contributed by atoms with van der Waals surface area (Å²) in [7, 11) is 0. The first-order chi connectivity index (χ1) is 11.5. The highest BCUT2D eigenvalue weighted by atomic mass is 16.3. The molecule has 0 saturated carbocycles. The van der Waals surface area contributed by atoms with Crippen LogP contribution in [0.25, 0.3) is 22.5 Å². The number of benzene rings is 1. The average molecular weight is 325 g/mol. The van der Waals surface area contributed by atoms with Crippen molar-refractivity contribution in [1.82, 2.24) is 20.2 Å². The molecular weight excluding hydrogens is 306 g/mol. The van der Waals surface area contributed by atoms with Crippen LogP contribution in [0.3, 0.4) is 0 Å². The van der Waals surface area contributed by atoms with Gasteiger partial charge in [-0.25, -0.2) is 9.97 Å². The Kier molecular flexibility index (Phi) is 4.43. The number of aromatic amines is 1. The minimum Gasteiger partial charge on any atom is -0.508 e. The lowest BCUT2D eigenvalue weighted by Gasteiger charge is -2.09. The standard InChI is InChI=1S/C17H19N5O2/c1-10-5-12(7-13(24)6-10)16-14(9-20-22-16)15-3-4-18-17(21-15)19-8-11(2)23/h3-7,9,11,23-24H,8H2,1-2H3,(H,20,22)(H,18,19,21)/t11-/m0/s1. The third kappa shape index (κ3) is 3.52. The summed E-state index contributed by atoms with van der Waals surface area (Å²) >= 11 is 0. The van der Waals surface area contributed by atoms with Gasteiger partial charge < -0.3 is 15.5 Å². The van der Waals surface area contributed by atoms with Crippen LogP contribution in [0, 0.1) is 6.92 Å². The smallest absolute Gasteiger partial charge is 0.223 e. The first-order valence-corrected chi connectivity index (χ1v) is 7.62. The van der Waals surface area contributed by atoms with Crippen LogP contribution in [0.1, 0.15) is 12.5 Å². The lowest BCUT2D eigenvalue weighted by Crippen LogP contribution is -2.16. The van der Waals surface area contributed by atoms with E-state index in [1.54, 1.807) is 37.5 Å². The molecule has 0 unspecified atom stereocenters. The number of aromatic nitrogens is 4. The molecule has 0 aliphatic carbocycles. The maximum atomic E-state index is 9.83.